The first kappa shape index (κ1) is 13.1. The minimum absolute atomic E-state index is 0.295. The van der Waals surface area contributed by atoms with E-state index in [1.807, 2.05) is 0 Å². The number of piperidine rings is 1. The number of nitrogens with one attached hydrogen (secondary N) is 1. The zero-order valence-corrected chi connectivity index (χ0v) is 11.6. The molecule has 3 nitrogen and oxygen atoms in total. The van der Waals surface area contributed by atoms with Crippen LogP contribution in [-0.2, 0) is 0 Å². The third-order valence-corrected chi connectivity index (χ3v) is 4.64. The van der Waals surface area contributed by atoms with E-state index in [1.54, 1.807) is 0 Å². The number of benzene rings is 1. The Labute approximate surface area is 116 Å². The molecule has 2 saturated heterocycles. The zero-order chi connectivity index (χ0) is 13.1. The van der Waals surface area contributed by atoms with Crippen molar-refractivity contribution in [2.45, 2.75) is 24.8 Å². The van der Waals surface area contributed by atoms with Gasteiger partial charge in [0.2, 0.25) is 0 Å². The summed E-state index contributed by atoms with van der Waals surface area (Å²) in [7, 11) is 0. The van der Waals surface area contributed by atoms with Gasteiger partial charge in [0.25, 0.3) is 0 Å². The van der Waals surface area contributed by atoms with Gasteiger partial charge in [-0.2, -0.15) is 0 Å². The quantitative estimate of drug-likeness (QED) is 0.862. The summed E-state index contributed by atoms with van der Waals surface area (Å²) in [6, 6.07) is 11.1. The Hall–Kier alpha value is -0.900. The van der Waals surface area contributed by atoms with Gasteiger partial charge >= 0.3 is 0 Å². The Bertz CT molecular complexity index is 386. The van der Waals surface area contributed by atoms with Crippen LogP contribution in [0.25, 0.3) is 0 Å². The second-order valence-corrected chi connectivity index (χ2v) is 6.09. The highest BCUT2D eigenvalue weighted by Crippen LogP contribution is 2.27. The lowest BCUT2D eigenvalue weighted by Crippen LogP contribution is -2.36. The summed E-state index contributed by atoms with van der Waals surface area (Å²) >= 11 is 0. The van der Waals surface area contributed by atoms with Crippen LogP contribution in [0.2, 0.25) is 0 Å². The fraction of sp³-hybridized carbons (Fsp3) is 0.625. The summed E-state index contributed by atoms with van der Waals surface area (Å²) in [5, 5.41) is 3.44. The van der Waals surface area contributed by atoms with Crippen LogP contribution < -0.4 is 11.1 Å². The van der Waals surface area contributed by atoms with Gasteiger partial charge < -0.3 is 16.0 Å². The van der Waals surface area contributed by atoms with Gasteiger partial charge in [-0.05, 0) is 37.4 Å². The lowest BCUT2D eigenvalue weighted by atomic mass is 9.95. The molecular formula is C16H25N3. The van der Waals surface area contributed by atoms with Crippen LogP contribution in [0.1, 0.15) is 24.3 Å². The molecule has 0 aromatic heterocycles. The van der Waals surface area contributed by atoms with Crippen molar-refractivity contribution in [3.8, 4) is 0 Å². The van der Waals surface area contributed by atoms with Crippen LogP contribution in [0.3, 0.4) is 0 Å². The summed E-state index contributed by atoms with van der Waals surface area (Å²) in [5.74, 6) is 1.38. The molecule has 3 rings (SSSR count). The van der Waals surface area contributed by atoms with Crippen molar-refractivity contribution in [1.29, 1.82) is 0 Å². The van der Waals surface area contributed by atoms with Crippen molar-refractivity contribution >= 4 is 0 Å². The summed E-state index contributed by atoms with van der Waals surface area (Å²) in [4.78, 5) is 2.58. The summed E-state index contributed by atoms with van der Waals surface area (Å²) in [6.07, 6.45) is 2.64. The molecule has 3 heteroatoms. The van der Waals surface area contributed by atoms with E-state index in [-0.39, 0.29) is 0 Å². The monoisotopic (exact) mass is 259 g/mol. The van der Waals surface area contributed by atoms with E-state index in [4.69, 9.17) is 5.73 Å². The highest BCUT2D eigenvalue weighted by Gasteiger charge is 2.32. The van der Waals surface area contributed by atoms with E-state index in [0.717, 1.165) is 19.0 Å². The van der Waals surface area contributed by atoms with Gasteiger partial charge in [0.15, 0.2) is 0 Å². The molecule has 3 N–H and O–H groups in total. The molecule has 0 aliphatic carbocycles. The summed E-state index contributed by atoms with van der Waals surface area (Å²) in [6.45, 7) is 5.80. The SMILES string of the molecule is N[C@@H]1CN(CC2CCNCC2)C[C@H]1c1ccccc1. The topological polar surface area (TPSA) is 41.3 Å². The molecule has 0 saturated carbocycles. The highest BCUT2D eigenvalue weighted by atomic mass is 15.2. The second kappa shape index (κ2) is 6.04. The number of likely N-dealkylation sites (tertiary alicyclic amines) is 1. The molecule has 0 radical (unpaired) electrons. The smallest absolute Gasteiger partial charge is 0.0249 e. The first-order chi connectivity index (χ1) is 9.33. The van der Waals surface area contributed by atoms with Crippen molar-refractivity contribution in [1.82, 2.24) is 10.2 Å². The van der Waals surface area contributed by atoms with Gasteiger partial charge in [-0.15, -0.1) is 0 Å². The first-order valence-electron chi connectivity index (χ1n) is 7.56. The van der Waals surface area contributed by atoms with Gasteiger partial charge in [0.1, 0.15) is 0 Å². The van der Waals surface area contributed by atoms with E-state index in [2.05, 4.69) is 40.5 Å². The summed E-state index contributed by atoms with van der Waals surface area (Å²) in [5.41, 5.74) is 7.76. The van der Waals surface area contributed by atoms with Crippen LogP contribution in [0, 0.1) is 5.92 Å². The van der Waals surface area contributed by atoms with Crippen molar-refractivity contribution in [2.75, 3.05) is 32.7 Å². The normalized spacial score (nSPS) is 29.7. The van der Waals surface area contributed by atoms with E-state index < -0.39 is 0 Å². The zero-order valence-electron chi connectivity index (χ0n) is 11.6. The molecule has 2 aliphatic heterocycles. The standard InChI is InChI=1S/C16H25N3/c17-16-12-19(10-13-6-8-18-9-7-13)11-15(16)14-4-2-1-3-5-14/h1-5,13,15-16,18H,6-12,17H2/t15-,16+/m0/s1. The average molecular weight is 259 g/mol. The van der Waals surface area contributed by atoms with Crippen molar-refractivity contribution < 1.29 is 0 Å². The largest absolute Gasteiger partial charge is 0.326 e. The average Bonchev–Trinajstić information content (AvgIpc) is 2.82. The predicted octanol–water partition coefficient (Wildman–Crippen LogP) is 1.41. The molecule has 2 aliphatic rings. The minimum Gasteiger partial charge on any atom is -0.326 e. The Morgan fingerprint density at radius 3 is 2.58 bits per heavy atom. The lowest BCUT2D eigenvalue weighted by Gasteiger charge is -2.27. The Kier molecular flexibility index (Phi) is 4.16. The van der Waals surface area contributed by atoms with Gasteiger partial charge in [0.05, 0.1) is 0 Å². The second-order valence-electron chi connectivity index (χ2n) is 6.09. The molecule has 1 aromatic carbocycles. The number of nitrogens with zero attached hydrogens (tertiary/aromatic N) is 1. The molecule has 19 heavy (non-hydrogen) atoms. The van der Waals surface area contributed by atoms with Crippen LogP contribution in [0.4, 0.5) is 0 Å². The fourth-order valence-corrected chi connectivity index (χ4v) is 3.54. The lowest BCUT2D eigenvalue weighted by molar-refractivity contribution is 0.237. The molecule has 104 valence electrons. The molecule has 2 heterocycles. The van der Waals surface area contributed by atoms with E-state index in [1.165, 1.54) is 38.0 Å². The van der Waals surface area contributed by atoms with Gasteiger partial charge in [-0.25, -0.2) is 0 Å². The third kappa shape index (κ3) is 3.16. The molecule has 2 fully saturated rings. The van der Waals surface area contributed by atoms with Gasteiger partial charge in [-0.3, -0.25) is 0 Å². The number of nitrogens with two attached hydrogens (primary N) is 1. The summed E-state index contributed by atoms with van der Waals surface area (Å²) < 4.78 is 0. The Morgan fingerprint density at radius 2 is 1.84 bits per heavy atom. The van der Waals surface area contributed by atoms with E-state index in [0.29, 0.717) is 12.0 Å². The Balaban J connectivity index is 1.58. The van der Waals surface area contributed by atoms with Crippen molar-refractivity contribution in [3.05, 3.63) is 35.9 Å². The molecule has 0 unspecified atom stereocenters. The number of hydrogen-bond acceptors (Lipinski definition) is 3. The highest BCUT2D eigenvalue weighted by molar-refractivity contribution is 5.23. The number of rotatable bonds is 3. The Morgan fingerprint density at radius 1 is 1.11 bits per heavy atom. The molecule has 0 bridgehead atoms. The van der Waals surface area contributed by atoms with Crippen molar-refractivity contribution in [3.63, 3.8) is 0 Å². The fourth-order valence-electron chi connectivity index (χ4n) is 3.54. The molecule has 0 spiro atoms. The van der Waals surface area contributed by atoms with E-state index >= 15 is 0 Å². The minimum atomic E-state index is 0.295. The van der Waals surface area contributed by atoms with E-state index in [9.17, 15) is 0 Å². The maximum absolute atomic E-state index is 6.35. The van der Waals surface area contributed by atoms with Crippen molar-refractivity contribution in [2.24, 2.45) is 11.7 Å². The van der Waals surface area contributed by atoms with Gasteiger partial charge in [-0.1, -0.05) is 30.3 Å². The molecular weight excluding hydrogens is 234 g/mol. The molecule has 1 aromatic rings. The van der Waals surface area contributed by atoms with Crippen LogP contribution in [0.15, 0.2) is 30.3 Å². The third-order valence-electron chi connectivity index (χ3n) is 4.64. The molecule has 0 amide bonds. The maximum atomic E-state index is 6.35. The van der Waals surface area contributed by atoms with Crippen LogP contribution in [0.5, 0.6) is 0 Å². The molecule has 2 atom stereocenters. The first-order valence-corrected chi connectivity index (χ1v) is 7.56. The van der Waals surface area contributed by atoms with Gasteiger partial charge in [0, 0.05) is 31.6 Å². The van der Waals surface area contributed by atoms with Crippen LogP contribution in [-0.4, -0.2) is 43.7 Å². The predicted molar refractivity (Wildman–Crippen MR) is 79.2 cm³/mol. The maximum Gasteiger partial charge on any atom is 0.0249 e. The van der Waals surface area contributed by atoms with Crippen LogP contribution >= 0.6 is 0 Å². The number of hydrogen-bond donors (Lipinski definition) is 2.